The smallest absolute Gasteiger partial charge is 0.307 e. The molecule has 0 aromatic heterocycles. The number of thioether (sulfide) groups is 1. The number of alkyl halides is 2. The maximum Gasteiger partial charge on any atom is 0.307 e. The largest absolute Gasteiger partial charge is 0.464 e. The predicted molar refractivity (Wildman–Crippen MR) is 161 cm³/mol. The van der Waals surface area contributed by atoms with E-state index >= 15 is 8.78 Å². The van der Waals surface area contributed by atoms with Crippen LogP contribution < -0.4 is 0 Å². The Labute approximate surface area is 267 Å². The highest BCUT2D eigenvalue weighted by Crippen LogP contribution is 2.77. The SMILES string of the molecule is CCCC(O)(O)C1C[C@H]2[C@@H]3CC(F)C4=CC(=O)CC[C@]4(C)[C@@]3(F)C(O)C[C@]2(C)[C@]1(C(=O)CSC1COC(=O)C1)C(O)(O)CCC. The van der Waals surface area contributed by atoms with Gasteiger partial charge in [0.15, 0.2) is 23.1 Å². The Balaban J connectivity index is 1.70. The second-order valence-electron chi connectivity index (χ2n) is 14.8. The van der Waals surface area contributed by atoms with Crippen molar-refractivity contribution in [3.8, 4) is 0 Å². The molecule has 1 heterocycles. The lowest BCUT2D eigenvalue weighted by atomic mass is 9.41. The Morgan fingerprint density at radius 3 is 2.36 bits per heavy atom. The molecule has 10 atom stereocenters. The number of Topliss-reactive ketones (excluding diaryl/α,β-unsaturated/α-hetero) is 1. The zero-order chi connectivity index (χ0) is 33.4. The summed E-state index contributed by atoms with van der Waals surface area (Å²) >= 11 is 1.10. The molecule has 5 aliphatic rings. The Kier molecular flexibility index (Phi) is 9.00. The fourth-order valence-electron chi connectivity index (χ4n) is 10.6. The summed E-state index contributed by atoms with van der Waals surface area (Å²) in [4.78, 5) is 38.8. The van der Waals surface area contributed by atoms with Gasteiger partial charge in [-0.25, -0.2) is 8.78 Å². The molecule has 12 heteroatoms. The van der Waals surface area contributed by atoms with Gasteiger partial charge in [-0.15, -0.1) is 11.8 Å². The van der Waals surface area contributed by atoms with Crippen molar-refractivity contribution in [3.05, 3.63) is 11.6 Å². The van der Waals surface area contributed by atoms with E-state index in [4.69, 9.17) is 4.74 Å². The molecule has 0 aromatic rings. The van der Waals surface area contributed by atoms with Gasteiger partial charge in [0, 0.05) is 41.8 Å². The first-order valence-electron chi connectivity index (χ1n) is 16.3. The van der Waals surface area contributed by atoms with Crippen molar-refractivity contribution in [2.45, 2.75) is 127 Å². The topological polar surface area (TPSA) is 162 Å². The first-order valence-corrected chi connectivity index (χ1v) is 17.4. The van der Waals surface area contributed by atoms with E-state index in [1.807, 2.05) is 0 Å². The van der Waals surface area contributed by atoms with Gasteiger partial charge in [0.2, 0.25) is 0 Å². The van der Waals surface area contributed by atoms with Crippen LogP contribution in [-0.4, -0.2) is 90.2 Å². The molecule has 1 aliphatic heterocycles. The van der Waals surface area contributed by atoms with Crippen LogP contribution in [0, 0.1) is 34.0 Å². The summed E-state index contributed by atoms with van der Waals surface area (Å²) in [6, 6.07) is 0. The number of esters is 1. The van der Waals surface area contributed by atoms with E-state index in [0.717, 1.165) is 17.8 Å². The van der Waals surface area contributed by atoms with Gasteiger partial charge in [-0.1, -0.05) is 40.5 Å². The Hall–Kier alpha value is -1.44. The molecule has 0 spiro atoms. The number of carbonyl (C=O) groups excluding carboxylic acids is 3. The molecular formula is C33H48F2O9S. The molecular weight excluding hydrogens is 610 g/mol. The molecule has 4 fully saturated rings. The number of halogens is 2. The molecule has 0 amide bonds. The van der Waals surface area contributed by atoms with Crippen LogP contribution in [0.3, 0.4) is 0 Å². The summed E-state index contributed by atoms with van der Waals surface area (Å²) in [5, 5.41) is 59.0. The zero-order valence-electron chi connectivity index (χ0n) is 26.6. The van der Waals surface area contributed by atoms with Crippen LogP contribution in [-0.2, 0) is 19.1 Å². The number of cyclic esters (lactones) is 1. The van der Waals surface area contributed by atoms with Gasteiger partial charge in [-0.2, -0.15) is 0 Å². The summed E-state index contributed by atoms with van der Waals surface area (Å²) in [5.41, 5.74) is -7.86. The molecule has 0 bridgehead atoms. The molecule has 4 unspecified atom stereocenters. The van der Waals surface area contributed by atoms with Crippen LogP contribution in [0.25, 0.3) is 0 Å². The number of rotatable bonds is 10. The number of fused-ring (bicyclic) bond motifs is 5. The number of aliphatic hydroxyl groups excluding tert-OH is 1. The molecule has 5 rings (SSSR count). The predicted octanol–water partition coefficient (Wildman–Crippen LogP) is 3.32. The van der Waals surface area contributed by atoms with Crippen molar-refractivity contribution in [3.63, 3.8) is 0 Å². The Morgan fingerprint density at radius 1 is 1.09 bits per heavy atom. The second kappa shape index (κ2) is 11.6. The number of carbonyl (C=O) groups is 3. The van der Waals surface area contributed by atoms with Crippen LogP contribution in [0.1, 0.15) is 91.9 Å². The summed E-state index contributed by atoms with van der Waals surface area (Å²) in [7, 11) is 0. The van der Waals surface area contributed by atoms with Gasteiger partial charge in [0.05, 0.1) is 23.7 Å². The minimum absolute atomic E-state index is 0.0102. The van der Waals surface area contributed by atoms with Crippen LogP contribution >= 0.6 is 11.8 Å². The highest BCUT2D eigenvalue weighted by atomic mass is 32.2. The highest BCUT2D eigenvalue weighted by molar-refractivity contribution is 8.00. The third kappa shape index (κ3) is 4.82. The Morgan fingerprint density at radius 2 is 1.76 bits per heavy atom. The number of aliphatic hydroxyl groups is 5. The van der Waals surface area contributed by atoms with Crippen LogP contribution in [0.5, 0.6) is 0 Å². The van der Waals surface area contributed by atoms with E-state index in [2.05, 4.69) is 0 Å². The van der Waals surface area contributed by atoms with E-state index in [0.29, 0.717) is 0 Å². The van der Waals surface area contributed by atoms with Crippen LogP contribution in [0.15, 0.2) is 11.6 Å². The molecule has 254 valence electrons. The van der Waals surface area contributed by atoms with E-state index in [1.54, 1.807) is 20.8 Å². The molecule has 1 saturated heterocycles. The standard InChI is InChI=1S/C33H48F2O9S/c1-5-8-30(40,41)24-14-20-21-13-23(34)22-11-18(36)7-10-28(22,3)33(21,35)25(37)15-29(20,4)32(24,31(42,43)9-6-2)26(38)17-45-19-12-27(39)44-16-19/h11,19-21,23-25,37,40-43H,5-10,12-17H2,1-4H3/t19?,20-,21-,23?,24?,25?,28-,29-,32-,33-/m0/s1. The van der Waals surface area contributed by atoms with Crippen molar-refractivity contribution < 1.29 is 53.4 Å². The van der Waals surface area contributed by atoms with Gasteiger partial charge in [0.25, 0.3) is 0 Å². The first-order chi connectivity index (χ1) is 20.9. The lowest BCUT2D eigenvalue weighted by Gasteiger charge is -2.65. The number of ketones is 2. The third-order valence-electron chi connectivity index (χ3n) is 12.4. The minimum atomic E-state index is -2.81. The number of hydrogen-bond donors (Lipinski definition) is 5. The highest BCUT2D eigenvalue weighted by Gasteiger charge is 2.82. The molecule has 9 nitrogen and oxygen atoms in total. The van der Waals surface area contributed by atoms with Gasteiger partial charge in [0.1, 0.15) is 18.4 Å². The van der Waals surface area contributed by atoms with Crippen molar-refractivity contribution >= 4 is 29.3 Å². The van der Waals surface area contributed by atoms with Gasteiger partial charge in [-0.3, -0.25) is 14.4 Å². The maximum atomic E-state index is 17.9. The first kappa shape index (κ1) is 34.9. The average molecular weight is 659 g/mol. The minimum Gasteiger partial charge on any atom is -0.464 e. The van der Waals surface area contributed by atoms with E-state index in [1.165, 1.54) is 6.92 Å². The van der Waals surface area contributed by atoms with Gasteiger partial charge in [-0.05, 0) is 48.7 Å². The molecule has 0 radical (unpaired) electrons. The number of ether oxygens (including phenoxy) is 1. The lowest BCUT2D eigenvalue weighted by molar-refractivity contribution is -0.326. The van der Waals surface area contributed by atoms with Crippen molar-refractivity contribution in [1.29, 1.82) is 0 Å². The normalized spacial score (nSPS) is 43.3. The lowest BCUT2D eigenvalue weighted by Crippen LogP contribution is -2.73. The number of allylic oxidation sites excluding steroid dienone is 1. The van der Waals surface area contributed by atoms with Crippen molar-refractivity contribution in [1.82, 2.24) is 0 Å². The van der Waals surface area contributed by atoms with Gasteiger partial charge >= 0.3 is 5.97 Å². The molecule has 3 saturated carbocycles. The zero-order valence-corrected chi connectivity index (χ0v) is 27.4. The maximum absolute atomic E-state index is 17.9. The number of hydrogen-bond acceptors (Lipinski definition) is 10. The summed E-state index contributed by atoms with van der Waals surface area (Å²) in [6.45, 7) is 6.58. The monoisotopic (exact) mass is 658 g/mol. The molecule has 45 heavy (non-hydrogen) atoms. The third-order valence-corrected chi connectivity index (χ3v) is 13.7. The summed E-state index contributed by atoms with van der Waals surface area (Å²) in [6.07, 6.45) is -3.43. The Bertz CT molecular complexity index is 1260. The average Bonchev–Trinajstić information content (AvgIpc) is 3.49. The molecule has 4 aliphatic carbocycles. The van der Waals surface area contributed by atoms with Crippen LogP contribution in [0.2, 0.25) is 0 Å². The summed E-state index contributed by atoms with van der Waals surface area (Å²) in [5.74, 6) is -10.8. The van der Waals surface area contributed by atoms with Crippen molar-refractivity contribution in [2.75, 3.05) is 12.4 Å². The fraction of sp³-hybridized carbons (Fsp3) is 0.848. The summed E-state index contributed by atoms with van der Waals surface area (Å²) < 4.78 is 39.1. The van der Waals surface area contributed by atoms with E-state index in [-0.39, 0.29) is 80.3 Å². The second-order valence-corrected chi connectivity index (χ2v) is 16.0. The molecule has 0 aromatic carbocycles. The van der Waals surface area contributed by atoms with E-state index in [9.17, 15) is 39.9 Å². The quantitative estimate of drug-likeness (QED) is 0.174. The van der Waals surface area contributed by atoms with E-state index < -0.39 is 88.1 Å². The molecule has 5 N–H and O–H groups in total. The fourth-order valence-corrected chi connectivity index (χ4v) is 11.7. The van der Waals surface area contributed by atoms with Gasteiger partial charge < -0.3 is 30.3 Å². The van der Waals surface area contributed by atoms with Crippen molar-refractivity contribution in [2.24, 2.45) is 34.0 Å². The van der Waals surface area contributed by atoms with Crippen LogP contribution in [0.4, 0.5) is 8.78 Å².